The molecular formula is C33H28ClN5O6. The van der Waals surface area contributed by atoms with E-state index >= 15 is 0 Å². The third kappa shape index (κ3) is 5.77. The number of nitro benzene ring substituents is 1. The average molecular weight is 626 g/mol. The summed E-state index contributed by atoms with van der Waals surface area (Å²) in [5.74, 6) is 0.294. The van der Waals surface area contributed by atoms with Crippen LogP contribution < -0.4 is 15.0 Å². The summed E-state index contributed by atoms with van der Waals surface area (Å²) >= 11 is 6.53. The molecule has 0 bridgehead atoms. The molecule has 12 heteroatoms. The monoisotopic (exact) mass is 625 g/mol. The first-order valence-electron chi connectivity index (χ1n) is 14.2. The Morgan fingerprint density at radius 1 is 1.00 bits per heavy atom. The Labute approximate surface area is 263 Å². The van der Waals surface area contributed by atoms with E-state index in [9.17, 15) is 19.7 Å². The number of methoxy groups -OCH3 is 1. The highest BCUT2D eigenvalue weighted by Gasteiger charge is 2.31. The van der Waals surface area contributed by atoms with Crippen LogP contribution in [0.5, 0.6) is 5.75 Å². The van der Waals surface area contributed by atoms with Gasteiger partial charge in [-0.25, -0.2) is 0 Å². The number of nitrogens with zero attached hydrogens (tertiary/aromatic N) is 4. The number of aryl methyl sites for hydroxylation is 1. The fraction of sp³-hybridized carbons (Fsp3) is 0.182. The molecule has 0 spiro atoms. The maximum atomic E-state index is 13.8. The highest BCUT2D eigenvalue weighted by Crippen LogP contribution is 2.38. The van der Waals surface area contributed by atoms with E-state index in [0.29, 0.717) is 60.2 Å². The van der Waals surface area contributed by atoms with Crippen LogP contribution in [0.3, 0.4) is 0 Å². The molecule has 228 valence electrons. The maximum absolute atomic E-state index is 13.8. The van der Waals surface area contributed by atoms with E-state index in [-0.39, 0.29) is 22.3 Å². The summed E-state index contributed by atoms with van der Waals surface area (Å²) in [6.07, 6.45) is 0. The summed E-state index contributed by atoms with van der Waals surface area (Å²) in [5, 5.41) is 20.9. The smallest absolute Gasteiger partial charge is 0.294 e. The third-order valence-electron chi connectivity index (χ3n) is 7.89. The Balaban J connectivity index is 1.22. The fourth-order valence-corrected chi connectivity index (χ4v) is 5.81. The van der Waals surface area contributed by atoms with Crippen LogP contribution in [0, 0.1) is 17.0 Å². The molecule has 1 fully saturated rings. The second-order valence-corrected chi connectivity index (χ2v) is 10.9. The number of carbonyl (C=O) groups excluding carboxylic acids is 2. The van der Waals surface area contributed by atoms with Crippen molar-refractivity contribution in [3.63, 3.8) is 0 Å². The highest BCUT2D eigenvalue weighted by molar-refractivity contribution is 6.33. The van der Waals surface area contributed by atoms with Gasteiger partial charge in [-0.2, -0.15) is 0 Å². The van der Waals surface area contributed by atoms with Crippen molar-refractivity contribution in [2.75, 3.05) is 43.5 Å². The number of halogens is 1. The summed E-state index contributed by atoms with van der Waals surface area (Å²) in [5.41, 5.74) is 2.22. The van der Waals surface area contributed by atoms with Crippen molar-refractivity contribution in [3.8, 4) is 17.0 Å². The highest BCUT2D eigenvalue weighted by atomic mass is 35.5. The lowest BCUT2D eigenvalue weighted by Gasteiger charge is -2.36. The minimum Gasteiger partial charge on any atom is -0.497 e. The molecule has 5 aromatic rings. The minimum atomic E-state index is -0.593. The Bertz CT molecular complexity index is 1930. The molecule has 1 aliphatic rings. The lowest BCUT2D eigenvalue weighted by molar-refractivity contribution is -0.383. The number of benzene rings is 4. The van der Waals surface area contributed by atoms with Crippen LogP contribution in [-0.4, -0.2) is 60.1 Å². The molecule has 45 heavy (non-hydrogen) atoms. The van der Waals surface area contributed by atoms with Gasteiger partial charge < -0.3 is 24.4 Å². The lowest BCUT2D eigenvalue weighted by Crippen LogP contribution is -2.49. The van der Waals surface area contributed by atoms with Crippen molar-refractivity contribution in [2.24, 2.45) is 0 Å². The molecule has 6 rings (SSSR count). The molecule has 1 aromatic heterocycles. The molecule has 1 saturated heterocycles. The van der Waals surface area contributed by atoms with Crippen LogP contribution in [-0.2, 0) is 0 Å². The van der Waals surface area contributed by atoms with Crippen LogP contribution in [0.2, 0.25) is 5.02 Å². The summed E-state index contributed by atoms with van der Waals surface area (Å²) in [7, 11) is 1.52. The molecule has 0 unspecified atom stereocenters. The SMILES string of the molecule is COc1ccc(C(=O)Nc2cc(N3CCN(C(=O)c4c(-c5cccc6ccccc56)noc4C)CC3)c(Cl)cc2[N+](=O)[O-])cc1. The van der Waals surface area contributed by atoms with Crippen molar-refractivity contribution in [1.82, 2.24) is 10.1 Å². The molecule has 0 saturated carbocycles. The predicted molar refractivity (Wildman–Crippen MR) is 171 cm³/mol. The number of aromatic nitrogens is 1. The zero-order chi connectivity index (χ0) is 31.7. The molecule has 1 N–H and O–H groups in total. The molecule has 1 aliphatic heterocycles. The Morgan fingerprint density at radius 3 is 2.42 bits per heavy atom. The van der Waals surface area contributed by atoms with E-state index in [1.807, 2.05) is 47.4 Å². The first kappa shape index (κ1) is 29.6. The van der Waals surface area contributed by atoms with Gasteiger partial charge in [0.25, 0.3) is 17.5 Å². The van der Waals surface area contributed by atoms with E-state index in [1.54, 1.807) is 36.1 Å². The van der Waals surface area contributed by atoms with E-state index < -0.39 is 10.8 Å². The second-order valence-electron chi connectivity index (χ2n) is 10.5. The van der Waals surface area contributed by atoms with E-state index in [4.69, 9.17) is 20.9 Å². The van der Waals surface area contributed by atoms with Gasteiger partial charge in [0.15, 0.2) is 0 Å². The molecule has 11 nitrogen and oxygen atoms in total. The van der Waals surface area contributed by atoms with E-state index in [0.717, 1.165) is 16.3 Å². The summed E-state index contributed by atoms with van der Waals surface area (Å²) in [6.45, 7) is 3.26. The first-order chi connectivity index (χ1) is 21.7. The normalized spacial score (nSPS) is 13.1. The van der Waals surface area contributed by atoms with Gasteiger partial charge in [-0.3, -0.25) is 19.7 Å². The van der Waals surface area contributed by atoms with Crippen molar-refractivity contribution >= 4 is 51.2 Å². The van der Waals surface area contributed by atoms with Crippen molar-refractivity contribution < 1.29 is 23.8 Å². The number of fused-ring (bicyclic) bond motifs is 1. The number of hydrogen-bond acceptors (Lipinski definition) is 8. The maximum Gasteiger partial charge on any atom is 0.294 e. The van der Waals surface area contributed by atoms with Crippen molar-refractivity contribution in [3.05, 3.63) is 111 Å². The topological polar surface area (TPSA) is 131 Å². The van der Waals surface area contributed by atoms with Gasteiger partial charge in [-0.15, -0.1) is 0 Å². The second kappa shape index (κ2) is 12.3. The van der Waals surface area contributed by atoms with Crippen LogP contribution in [0.15, 0.2) is 83.4 Å². The number of rotatable bonds is 7. The van der Waals surface area contributed by atoms with Crippen LogP contribution in [0.4, 0.5) is 17.1 Å². The number of nitrogens with one attached hydrogen (secondary N) is 1. The van der Waals surface area contributed by atoms with E-state index in [1.165, 1.54) is 19.2 Å². The number of nitro groups is 1. The number of piperazine rings is 1. The zero-order valence-electron chi connectivity index (χ0n) is 24.5. The van der Waals surface area contributed by atoms with Crippen LogP contribution in [0.25, 0.3) is 22.0 Å². The standard InChI is InChI=1S/C33H28ClN5O6/c1-20-30(31(36-45-20)25-9-5-7-21-6-3-4-8-24(21)25)33(41)38-16-14-37(15-17-38)28-19-27(29(39(42)43)18-26(28)34)35-32(40)22-10-12-23(44-2)13-11-22/h3-13,18-19H,14-17H2,1-2H3,(H,35,40). The number of ether oxygens (including phenoxy) is 1. The fourth-order valence-electron chi connectivity index (χ4n) is 5.53. The molecule has 0 atom stereocenters. The Kier molecular flexibility index (Phi) is 8.10. The van der Waals surface area contributed by atoms with Crippen LogP contribution in [0.1, 0.15) is 26.5 Å². The first-order valence-corrected chi connectivity index (χ1v) is 14.5. The van der Waals surface area contributed by atoms with Gasteiger partial charge in [-0.05, 0) is 48.0 Å². The molecular weight excluding hydrogens is 598 g/mol. The van der Waals surface area contributed by atoms with Crippen molar-refractivity contribution in [2.45, 2.75) is 6.92 Å². The quantitative estimate of drug-likeness (QED) is 0.158. The molecule has 0 radical (unpaired) electrons. The largest absolute Gasteiger partial charge is 0.497 e. The predicted octanol–water partition coefficient (Wildman–Crippen LogP) is 6.59. The van der Waals surface area contributed by atoms with Gasteiger partial charge in [0.05, 0.1) is 22.7 Å². The zero-order valence-corrected chi connectivity index (χ0v) is 25.2. The Morgan fingerprint density at radius 2 is 1.71 bits per heavy atom. The number of carbonyl (C=O) groups is 2. The number of hydrogen-bond donors (Lipinski definition) is 1. The summed E-state index contributed by atoms with van der Waals surface area (Å²) in [6, 6.07) is 22.9. The average Bonchev–Trinajstić information content (AvgIpc) is 3.45. The van der Waals surface area contributed by atoms with Gasteiger partial charge >= 0.3 is 0 Å². The molecule has 2 amide bonds. The van der Waals surface area contributed by atoms with E-state index in [2.05, 4.69) is 10.5 Å². The number of anilines is 2. The minimum absolute atomic E-state index is 0.0125. The number of amides is 2. The Hall–Kier alpha value is -5.42. The van der Waals surface area contributed by atoms with Gasteiger partial charge in [0.2, 0.25) is 0 Å². The van der Waals surface area contributed by atoms with Gasteiger partial charge in [0.1, 0.15) is 28.5 Å². The van der Waals surface area contributed by atoms with Crippen molar-refractivity contribution in [1.29, 1.82) is 0 Å². The van der Waals surface area contributed by atoms with Crippen LogP contribution >= 0.6 is 11.6 Å². The lowest BCUT2D eigenvalue weighted by atomic mass is 9.98. The molecule has 0 aliphatic carbocycles. The summed E-state index contributed by atoms with van der Waals surface area (Å²) in [4.78, 5) is 41.7. The van der Waals surface area contributed by atoms with Gasteiger partial charge in [0, 0.05) is 43.4 Å². The molecule has 2 heterocycles. The van der Waals surface area contributed by atoms with Gasteiger partial charge in [-0.1, -0.05) is 59.2 Å². The molecule has 4 aromatic carbocycles. The summed E-state index contributed by atoms with van der Waals surface area (Å²) < 4.78 is 10.6. The third-order valence-corrected chi connectivity index (χ3v) is 8.19.